The first kappa shape index (κ1) is 18.3. The van der Waals surface area contributed by atoms with E-state index in [9.17, 15) is 4.39 Å². The molecule has 0 spiro atoms. The van der Waals surface area contributed by atoms with Gasteiger partial charge in [-0.05, 0) is 29.8 Å². The highest BCUT2D eigenvalue weighted by Gasteiger charge is 2.39. The summed E-state index contributed by atoms with van der Waals surface area (Å²) in [6, 6.07) is 13.1. The number of fused-ring (bicyclic) bond motifs is 2. The SMILES string of the molecule is COc1ccc2c(c1)NC(N1CCN(Cc3ccc([18F])cc3)CC1)C1=[N+]2C=CC1. The van der Waals surface area contributed by atoms with E-state index in [0.717, 1.165) is 56.1 Å². The summed E-state index contributed by atoms with van der Waals surface area (Å²) in [6.07, 6.45) is 5.57. The summed E-state index contributed by atoms with van der Waals surface area (Å²) in [6.45, 7) is 4.87. The molecule has 3 heterocycles. The molecule has 29 heavy (non-hydrogen) atoms. The summed E-state index contributed by atoms with van der Waals surface area (Å²) in [5, 5.41) is 3.75. The molecule has 2 aromatic rings. The Balaban J connectivity index is 1.29. The Morgan fingerprint density at radius 1 is 1.10 bits per heavy atom. The van der Waals surface area contributed by atoms with Gasteiger partial charge in [-0.25, -0.2) is 4.39 Å². The van der Waals surface area contributed by atoms with Crippen LogP contribution in [0.2, 0.25) is 0 Å². The molecule has 1 fully saturated rings. The third-order valence-corrected chi connectivity index (χ3v) is 6.05. The summed E-state index contributed by atoms with van der Waals surface area (Å²) < 4.78 is 20.9. The molecule has 5 rings (SSSR count). The molecule has 1 saturated heterocycles. The molecule has 0 bridgehead atoms. The Hall–Kier alpha value is -2.70. The van der Waals surface area contributed by atoms with Gasteiger partial charge >= 0.3 is 0 Å². The summed E-state index contributed by atoms with van der Waals surface area (Å²) in [5.41, 5.74) is 4.84. The van der Waals surface area contributed by atoms with Crippen molar-refractivity contribution in [2.45, 2.75) is 19.1 Å². The van der Waals surface area contributed by atoms with Crippen molar-refractivity contribution in [3.05, 3.63) is 66.1 Å². The summed E-state index contributed by atoms with van der Waals surface area (Å²) in [5.74, 6) is 0.691. The third-order valence-electron chi connectivity index (χ3n) is 6.05. The number of hydrogen-bond donors (Lipinski definition) is 1. The van der Waals surface area contributed by atoms with Crippen LogP contribution in [0.4, 0.5) is 15.8 Å². The molecule has 3 aliphatic heterocycles. The number of anilines is 1. The van der Waals surface area contributed by atoms with Gasteiger partial charge in [0.2, 0.25) is 11.4 Å². The lowest BCUT2D eigenvalue weighted by atomic mass is 10.1. The monoisotopic (exact) mass is 392 g/mol. The molecule has 6 heteroatoms. The molecular weight excluding hydrogens is 366 g/mol. The number of nitrogens with zero attached hydrogens (tertiary/aromatic N) is 3. The molecular formula is C23H26FN4O+. The molecule has 0 aliphatic carbocycles. The van der Waals surface area contributed by atoms with Crippen LogP contribution < -0.4 is 10.1 Å². The normalized spacial score (nSPS) is 21.7. The molecule has 2 aromatic carbocycles. The van der Waals surface area contributed by atoms with E-state index in [1.165, 1.54) is 11.4 Å². The zero-order valence-electron chi connectivity index (χ0n) is 16.6. The van der Waals surface area contributed by atoms with Crippen molar-refractivity contribution in [2.24, 2.45) is 0 Å². The third kappa shape index (κ3) is 3.54. The number of piperazine rings is 1. The molecule has 0 saturated carbocycles. The predicted octanol–water partition coefficient (Wildman–Crippen LogP) is 3.41. The van der Waals surface area contributed by atoms with Crippen molar-refractivity contribution in [3.8, 4) is 5.75 Å². The molecule has 0 amide bonds. The zero-order valence-corrected chi connectivity index (χ0v) is 16.6. The minimum atomic E-state index is -0.175. The number of allylic oxidation sites excluding steroid dienone is 1. The van der Waals surface area contributed by atoms with Crippen LogP contribution in [-0.4, -0.2) is 59.5 Å². The molecule has 0 aromatic heterocycles. The number of nitrogens with one attached hydrogen (secondary N) is 1. The van der Waals surface area contributed by atoms with Crippen molar-refractivity contribution in [3.63, 3.8) is 0 Å². The average molecular weight is 392 g/mol. The van der Waals surface area contributed by atoms with Gasteiger partial charge in [-0.2, -0.15) is 4.58 Å². The molecule has 0 radical (unpaired) electrons. The smallest absolute Gasteiger partial charge is 0.234 e. The zero-order chi connectivity index (χ0) is 19.8. The Morgan fingerprint density at radius 3 is 2.66 bits per heavy atom. The maximum atomic E-state index is 13.1. The second-order valence-corrected chi connectivity index (χ2v) is 7.82. The predicted molar refractivity (Wildman–Crippen MR) is 112 cm³/mol. The summed E-state index contributed by atoms with van der Waals surface area (Å²) in [7, 11) is 1.70. The van der Waals surface area contributed by atoms with E-state index >= 15 is 0 Å². The lowest BCUT2D eigenvalue weighted by Crippen LogP contribution is -2.56. The lowest BCUT2D eigenvalue weighted by molar-refractivity contribution is -0.361. The second kappa shape index (κ2) is 7.61. The number of hydrogen-bond acceptors (Lipinski definition) is 4. The fourth-order valence-corrected chi connectivity index (χ4v) is 4.48. The molecule has 1 atom stereocenters. The molecule has 1 unspecified atom stereocenters. The fraction of sp³-hybridized carbons (Fsp3) is 0.348. The van der Waals surface area contributed by atoms with Gasteiger partial charge in [0.15, 0.2) is 12.4 Å². The highest BCUT2D eigenvalue weighted by Crippen LogP contribution is 2.36. The minimum Gasteiger partial charge on any atom is -0.497 e. The van der Waals surface area contributed by atoms with Crippen molar-refractivity contribution < 1.29 is 13.7 Å². The Morgan fingerprint density at radius 2 is 1.90 bits per heavy atom. The highest BCUT2D eigenvalue weighted by atomic mass is 18.2. The fourth-order valence-electron chi connectivity index (χ4n) is 4.48. The highest BCUT2D eigenvalue weighted by molar-refractivity contribution is 5.94. The Labute approximate surface area is 170 Å². The van der Waals surface area contributed by atoms with Gasteiger partial charge in [-0.1, -0.05) is 12.1 Å². The lowest BCUT2D eigenvalue weighted by Gasteiger charge is -2.40. The van der Waals surface area contributed by atoms with E-state index in [2.05, 4.69) is 44.1 Å². The Bertz CT molecular complexity index is 961. The van der Waals surface area contributed by atoms with Crippen molar-refractivity contribution in [2.75, 3.05) is 38.6 Å². The van der Waals surface area contributed by atoms with E-state index in [0.29, 0.717) is 0 Å². The van der Waals surface area contributed by atoms with Gasteiger partial charge in [-0.3, -0.25) is 9.80 Å². The first-order valence-corrected chi connectivity index (χ1v) is 10.2. The molecule has 5 nitrogen and oxygen atoms in total. The van der Waals surface area contributed by atoms with E-state index in [1.807, 2.05) is 18.2 Å². The first-order chi connectivity index (χ1) is 14.2. The first-order valence-electron chi connectivity index (χ1n) is 10.2. The van der Waals surface area contributed by atoms with Gasteiger partial charge < -0.3 is 10.1 Å². The van der Waals surface area contributed by atoms with E-state index in [4.69, 9.17) is 4.74 Å². The van der Waals surface area contributed by atoms with Crippen LogP contribution in [0.15, 0.2) is 54.7 Å². The van der Waals surface area contributed by atoms with E-state index in [-0.39, 0.29) is 12.0 Å². The van der Waals surface area contributed by atoms with Crippen molar-refractivity contribution >= 4 is 17.1 Å². The number of benzene rings is 2. The van der Waals surface area contributed by atoms with Crippen LogP contribution in [0.5, 0.6) is 5.75 Å². The number of halogens is 1. The van der Waals surface area contributed by atoms with Gasteiger partial charge in [0.25, 0.3) is 0 Å². The standard InChI is InChI=1S/C23H26FN4O/c1-29-19-8-9-21-20(15-19)25-23(22-3-2-10-28(21)22)27-13-11-26(12-14-27)16-17-4-6-18(24)7-5-17/h2,4-10,15,23,25H,3,11-14,16H2,1H3/q+1/i24-1. The Kier molecular flexibility index (Phi) is 4.81. The molecule has 1 N–H and O–H groups in total. The van der Waals surface area contributed by atoms with Gasteiger partial charge in [0, 0.05) is 44.9 Å². The van der Waals surface area contributed by atoms with Crippen molar-refractivity contribution in [1.82, 2.24) is 9.80 Å². The largest absolute Gasteiger partial charge is 0.497 e. The summed E-state index contributed by atoms with van der Waals surface area (Å²) >= 11 is 0. The maximum Gasteiger partial charge on any atom is 0.234 e. The summed E-state index contributed by atoms with van der Waals surface area (Å²) in [4.78, 5) is 4.97. The van der Waals surface area contributed by atoms with Crippen LogP contribution in [0.3, 0.4) is 0 Å². The van der Waals surface area contributed by atoms with Crippen LogP contribution in [-0.2, 0) is 6.54 Å². The van der Waals surface area contributed by atoms with Crippen LogP contribution in [0.25, 0.3) is 0 Å². The van der Waals surface area contributed by atoms with Gasteiger partial charge in [0.05, 0.1) is 13.5 Å². The van der Waals surface area contributed by atoms with Gasteiger partial charge in [0.1, 0.15) is 17.3 Å². The topological polar surface area (TPSA) is 30.8 Å². The average Bonchev–Trinajstić information content (AvgIpc) is 3.25. The number of methoxy groups -OCH3 is 1. The quantitative estimate of drug-likeness (QED) is 0.808. The van der Waals surface area contributed by atoms with E-state index < -0.39 is 0 Å². The number of ether oxygens (including phenoxy) is 1. The van der Waals surface area contributed by atoms with Gasteiger partial charge in [-0.15, -0.1) is 0 Å². The van der Waals surface area contributed by atoms with Crippen LogP contribution in [0.1, 0.15) is 12.0 Å². The van der Waals surface area contributed by atoms with Crippen LogP contribution in [0, 0.1) is 5.82 Å². The van der Waals surface area contributed by atoms with E-state index in [1.54, 1.807) is 19.2 Å². The second-order valence-electron chi connectivity index (χ2n) is 7.82. The number of rotatable bonds is 4. The minimum absolute atomic E-state index is 0.175. The molecule has 3 aliphatic rings. The maximum absolute atomic E-state index is 13.1. The van der Waals surface area contributed by atoms with Crippen LogP contribution >= 0.6 is 0 Å². The molecule has 150 valence electrons. The van der Waals surface area contributed by atoms with Crippen molar-refractivity contribution in [1.29, 1.82) is 0 Å².